The molecule has 0 radical (unpaired) electrons. The molecule has 0 rings (SSSR count). The van der Waals surface area contributed by atoms with Crippen molar-refractivity contribution >= 4 is 5.91 Å². The van der Waals surface area contributed by atoms with Crippen molar-refractivity contribution in [2.75, 3.05) is 0 Å². The second kappa shape index (κ2) is 5.97. The highest BCUT2D eigenvalue weighted by molar-refractivity contribution is 5.81. The lowest BCUT2D eigenvalue weighted by Gasteiger charge is -2.20. The van der Waals surface area contributed by atoms with Crippen LogP contribution >= 0.6 is 0 Å². The summed E-state index contributed by atoms with van der Waals surface area (Å²) in [4.78, 5) is 11.5. The Hall–Kier alpha value is -0.570. The SMILES string of the molecule is CCC(NC(C)C)C(=O)NC(C)C. The average Bonchev–Trinajstić information content (AvgIpc) is 1.98. The van der Waals surface area contributed by atoms with Crippen LogP contribution in [-0.2, 0) is 4.79 Å². The fourth-order valence-electron chi connectivity index (χ4n) is 1.17. The van der Waals surface area contributed by atoms with Crippen molar-refractivity contribution < 1.29 is 4.79 Å². The molecule has 0 aliphatic heterocycles. The van der Waals surface area contributed by atoms with Gasteiger partial charge in [-0.05, 0) is 20.3 Å². The molecule has 0 heterocycles. The summed E-state index contributed by atoms with van der Waals surface area (Å²) in [5, 5.41) is 6.12. The Labute approximate surface area is 81.3 Å². The maximum atomic E-state index is 11.5. The standard InChI is InChI=1S/C10H22N2O/c1-6-9(11-7(2)3)10(13)12-8(4)5/h7-9,11H,6H2,1-5H3,(H,12,13). The van der Waals surface area contributed by atoms with Crippen molar-refractivity contribution in [3.63, 3.8) is 0 Å². The molecule has 1 amide bonds. The molecule has 3 heteroatoms. The lowest BCUT2D eigenvalue weighted by Crippen LogP contribution is -2.48. The van der Waals surface area contributed by atoms with Gasteiger partial charge in [0.2, 0.25) is 5.91 Å². The summed E-state index contributed by atoms with van der Waals surface area (Å²) in [7, 11) is 0. The van der Waals surface area contributed by atoms with Crippen LogP contribution in [0.3, 0.4) is 0 Å². The second-order valence-electron chi connectivity index (χ2n) is 3.95. The molecule has 1 atom stereocenters. The first-order chi connectivity index (χ1) is 5.97. The van der Waals surface area contributed by atoms with Crippen LogP contribution in [0.1, 0.15) is 41.0 Å². The van der Waals surface area contributed by atoms with Gasteiger partial charge in [0.15, 0.2) is 0 Å². The van der Waals surface area contributed by atoms with Crippen LogP contribution in [0.2, 0.25) is 0 Å². The van der Waals surface area contributed by atoms with Gasteiger partial charge in [-0.25, -0.2) is 0 Å². The first-order valence-corrected chi connectivity index (χ1v) is 5.03. The van der Waals surface area contributed by atoms with Gasteiger partial charge in [-0.2, -0.15) is 0 Å². The zero-order valence-corrected chi connectivity index (χ0v) is 9.35. The third-order valence-corrected chi connectivity index (χ3v) is 1.69. The Morgan fingerprint density at radius 1 is 1.15 bits per heavy atom. The van der Waals surface area contributed by atoms with E-state index in [2.05, 4.69) is 10.6 Å². The molecule has 0 aromatic heterocycles. The lowest BCUT2D eigenvalue weighted by atomic mass is 10.2. The topological polar surface area (TPSA) is 41.1 Å². The summed E-state index contributed by atoms with van der Waals surface area (Å²) in [5.74, 6) is 0.103. The number of amides is 1. The molecular weight excluding hydrogens is 164 g/mol. The lowest BCUT2D eigenvalue weighted by molar-refractivity contribution is -0.123. The zero-order valence-electron chi connectivity index (χ0n) is 9.35. The van der Waals surface area contributed by atoms with Crippen LogP contribution < -0.4 is 10.6 Å². The minimum Gasteiger partial charge on any atom is -0.353 e. The molecule has 0 aromatic rings. The Balaban J connectivity index is 3.99. The van der Waals surface area contributed by atoms with Gasteiger partial charge in [0, 0.05) is 12.1 Å². The van der Waals surface area contributed by atoms with E-state index < -0.39 is 0 Å². The van der Waals surface area contributed by atoms with Crippen LogP contribution in [0, 0.1) is 0 Å². The fourth-order valence-corrected chi connectivity index (χ4v) is 1.17. The summed E-state index contributed by atoms with van der Waals surface area (Å²) in [6, 6.07) is 0.515. The molecule has 2 N–H and O–H groups in total. The van der Waals surface area contributed by atoms with Crippen LogP contribution in [-0.4, -0.2) is 24.0 Å². The largest absolute Gasteiger partial charge is 0.353 e. The zero-order chi connectivity index (χ0) is 10.4. The summed E-state index contributed by atoms with van der Waals surface area (Å²) in [5.41, 5.74) is 0. The maximum absolute atomic E-state index is 11.5. The van der Waals surface area contributed by atoms with Crippen molar-refractivity contribution in [1.29, 1.82) is 0 Å². The van der Waals surface area contributed by atoms with Gasteiger partial charge >= 0.3 is 0 Å². The molecule has 0 aliphatic carbocycles. The van der Waals surface area contributed by atoms with Crippen LogP contribution in [0.4, 0.5) is 0 Å². The van der Waals surface area contributed by atoms with Crippen LogP contribution in [0.15, 0.2) is 0 Å². The predicted molar refractivity (Wildman–Crippen MR) is 55.6 cm³/mol. The highest BCUT2D eigenvalue weighted by Crippen LogP contribution is 1.94. The van der Waals surface area contributed by atoms with E-state index in [0.29, 0.717) is 6.04 Å². The van der Waals surface area contributed by atoms with E-state index in [1.807, 2.05) is 34.6 Å². The van der Waals surface area contributed by atoms with E-state index in [-0.39, 0.29) is 18.0 Å². The number of rotatable bonds is 5. The second-order valence-corrected chi connectivity index (χ2v) is 3.95. The van der Waals surface area contributed by atoms with Gasteiger partial charge in [0.1, 0.15) is 0 Å². The minimum absolute atomic E-state index is 0.0533. The van der Waals surface area contributed by atoms with Gasteiger partial charge in [-0.3, -0.25) is 4.79 Å². The molecule has 13 heavy (non-hydrogen) atoms. The van der Waals surface area contributed by atoms with Crippen molar-refractivity contribution in [1.82, 2.24) is 10.6 Å². The van der Waals surface area contributed by atoms with Crippen molar-refractivity contribution in [3.8, 4) is 0 Å². The van der Waals surface area contributed by atoms with Crippen molar-refractivity contribution in [2.24, 2.45) is 0 Å². The predicted octanol–water partition coefficient (Wildman–Crippen LogP) is 1.29. The first kappa shape index (κ1) is 12.4. The summed E-state index contributed by atoms with van der Waals surface area (Å²) >= 11 is 0. The van der Waals surface area contributed by atoms with Gasteiger partial charge in [0.05, 0.1) is 6.04 Å². The van der Waals surface area contributed by atoms with Gasteiger partial charge in [0.25, 0.3) is 0 Å². The summed E-state index contributed by atoms with van der Waals surface area (Å²) < 4.78 is 0. The van der Waals surface area contributed by atoms with Crippen LogP contribution in [0.5, 0.6) is 0 Å². The quantitative estimate of drug-likeness (QED) is 0.679. The van der Waals surface area contributed by atoms with E-state index in [0.717, 1.165) is 6.42 Å². The molecule has 0 fully saturated rings. The monoisotopic (exact) mass is 186 g/mol. The molecule has 0 saturated carbocycles. The van der Waals surface area contributed by atoms with Crippen molar-refractivity contribution in [2.45, 2.75) is 59.2 Å². The van der Waals surface area contributed by atoms with Crippen LogP contribution in [0.25, 0.3) is 0 Å². The Morgan fingerprint density at radius 2 is 1.69 bits per heavy atom. The molecule has 3 nitrogen and oxygen atoms in total. The Morgan fingerprint density at radius 3 is 2.00 bits per heavy atom. The first-order valence-electron chi connectivity index (χ1n) is 5.03. The fraction of sp³-hybridized carbons (Fsp3) is 0.900. The Bertz CT molecular complexity index is 155. The number of nitrogens with one attached hydrogen (secondary N) is 2. The average molecular weight is 186 g/mol. The summed E-state index contributed by atoms with van der Waals surface area (Å²) in [6.07, 6.45) is 0.830. The number of hydrogen-bond acceptors (Lipinski definition) is 2. The van der Waals surface area contributed by atoms with Crippen molar-refractivity contribution in [3.05, 3.63) is 0 Å². The Kier molecular flexibility index (Phi) is 5.71. The van der Waals surface area contributed by atoms with E-state index in [4.69, 9.17) is 0 Å². The molecule has 0 aromatic carbocycles. The van der Waals surface area contributed by atoms with E-state index in [1.165, 1.54) is 0 Å². The number of carbonyl (C=O) groups is 1. The number of hydrogen-bond donors (Lipinski definition) is 2. The molecule has 0 spiro atoms. The maximum Gasteiger partial charge on any atom is 0.237 e. The third kappa shape index (κ3) is 5.64. The molecule has 78 valence electrons. The number of carbonyl (C=O) groups excluding carboxylic acids is 1. The normalized spacial score (nSPS) is 13.5. The third-order valence-electron chi connectivity index (χ3n) is 1.69. The van der Waals surface area contributed by atoms with Gasteiger partial charge < -0.3 is 10.6 Å². The molecule has 0 aliphatic rings. The minimum atomic E-state index is -0.0533. The molecular formula is C10H22N2O. The molecule has 0 bridgehead atoms. The molecule has 1 unspecified atom stereocenters. The highest BCUT2D eigenvalue weighted by Gasteiger charge is 2.16. The van der Waals surface area contributed by atoms with E-state index in [9.17, 15) is 4.79 Å². The summed E-state index contributed by atoms with van der Waals surface area (Å²) in [6.45, 7) is 10.1. The van der Waals surface area contributed by atoms with Gasteiger partial charge in [-0.1, -0.05) is 20.8 Å². The highest BCUT2D eigenvalue weighted by atomic mass is 16.2. The van der Waals surface area contributed by atoms with Gasteiger partial charge in [-0.15, -0.1) is 0 Å². The van der Waals surface area contributed by atoms with E-state index >= 15 is 0 Å². The smallest absolute Gasteiger partial charge is 0.237 e. The van der Waals surface area contributed by atoms with E-state index in [1.54, 1.807) is 0 Å². The molecule has 0 saturated heterocycles.